The van der Waals surface area contributed by atoms with Gasteiger partial charge in [0.2, 0.25) is 0 Å². The molecule has 0 saturated heterocycles. The number of ketones is 1. The third-order valence-corrected chi connectivity index (χ3v) is 3.39. The highest BCUT2D eigenvalue weighted by Gasteiger charge is 2.41. The number of aliphatic carboxylic acids is 1. The first-order valence-electron chi connectivity index (χ1n) is 6.44. The number of carbonyl (C=O) groups is 2. The van der Waals surface area contributed by atoms with E-state index in [0.717, 1.165) is 5.39 Å². The van der Waals surface area contributed by atoms with Crippen molar-refractivity contribution in [1.82, 2.24) is 0 Å². The van der Waals surface area contributed by atoms with Crippen LogP contribution in [-0.2, 0) is 4.79 Å². The lowest BCUT2D eigenvalue weighted by Gasteiger charge is -2.09. The highest BCUT2D eigenvalue weighted by atomic mass is 19.3. The van der Waals surface area contributed by atoms with Gasteiger partial charge in [0, 0.05) is 16.3 Å². The molecule has 0 aliphatic heterocycles. The number of para-hydroxylation sites is 1. The summed E-state index contributed by atoms with van der Waals surface area (Å²) in [7, 11) is 0. The summed E-state index contributed by atoms with van der Waals surface area (Å²) in [4.78, 5) is 22.3. The second-order valence-corrected chi connectivity index (χ2v) is 4.92. The SMILES string of the molecule is O=C(CC(F)(F)C(=O)O)c1ccc2oc3ccccc3c2c1. The molecule has 1 aromatic heterocycles. The van der Waals surface area contributed by atoms with E-state index in [-0.39, 0.29) is 5.56 Å². The number of benzene rings is 2. The van der Waals surface area contributed by atoms with Gasteiger partial charge in [0.05, 0.1) is 6.42 Å². The van der Waals surface area contributed by atoms with Crippen LogP contribution >= 0.6 is 0 Å². The van der Waals surface area contributed by atoms with Gasteiger partial charge in [0.15, 0.2) is 5.78 Å². The van der Waals surface area contributed by atoms with Gasteiger partial charge in [-0.1, -0.05) is 18.2 Å². The molecular weight excluding hydrogens is 294 g/mol. The molecule has 0 saturated carbocycles. The van der Waals surface area contributed by atoms with Crippen LogP contribution in [0.3, 0.4) is 0 Å². The van der Waals surface area contributed by atoms with Gasteiger partial charge in [-0.2, -0.15) is 8.78 Å². The Morgan fingerprint density at radius 3 is 2.45 bits per heavy atom. The fourth-order valence-electron chi connectivity index (χ4n) is 2.28. The maximum Gasteiger partial charge on any atom is 0.375 e. The number of carboxylic acids is 1. The molecule has 3 aromatic rings. The Bertz CT molecular complexity index is 895. The zero-order chi connectivity index (χ0) is 15.9. The molecule has 0 unspecified atom stereocenters. The highest BCUT2D eigenvalue weighted by Crippen LogP contribution is 2.30. The van der Waals surface area contributed by atoms with Gasteiger partial charge in [-0.3, -0.25) is 4.79 Å². The van der Waals surface area contributed by atoms with Gasteiger partial charge >= 0.3 is 11.9 Å². The minimum Gasteiger partial charge on any atom is -0.477 e. The summed E-state index contributed by atoms with van der Waals surface area (Å²) in [6, 6.07) is 11.5. The van der Waals surface area contributed by atoms with E-state index in [2.05, 4.69) is 0 Å². The first-order chi connectivity index (χ1) is 10.4. The largest absolute Gasteiger partial charge is 0.477 e. The number of fused-ring (bicyclic) bond motifs is 3. The molecule has 2 aromatic carbocycles. The van der Waals surface area contributed by atoms with Gasteiger partial charge < -0.3 is 9.52 Å². The normalized spacial score (nSPS) is 11.9. The summed E-state index contributed by atoms with van der Waals surface area (Å²) < 4.78 is 31.9. The first-order valence-corrected chi connectivity index (χ1v) is 6.44. The molecule has 0 fully saturated rings. The minimum atomic E-state index is -4.08. The summed E-state index contributed by atoms with van der Waals surface area (Å²) in [6.45, 7) is 0. The molecule has 1 heterocycles. The van der Waals surface area contributed by atoms with Crippen LogP contribution in [-0.4, -0.2) is 22.8 Å². The number of hydrogen-bond acceptors (Lipinski definition) is 3. The number of carbonyl (C=O) groups excluding carboxylic acids is 1. The fourth-order valence-corrected chi connectivity index (χ4v) is 2.28. The molecule has 0 aliphatic carbocycles. The molecule has 3 rings (SSSR count). The number of Topliss-reactive ketones (excluding diaryl/α,β-unsaturated/α-hetero) is 1. The molecule has 0 bridgehead atoms. The summed E-state index contributed by atoms with van der Waals surface area (Å²) in [5.41, 5.74) is 1.18. The van der Waals surface area contributed by atoms with Crippen molar-refractivity contribution in [2.24, 2.45) is 0 Å². The van der Waals surface area contributed by atoms with Crippen LogP contribution in [0.4, 0.5) is 8.78 Å². The summed E-state index contributed by atoms with van der Waals surface area (Å²) in [5, 5.41) is 9.79. The average Bonchev–Trinajstić information content (AvgIpc) is 2.84. The van der Waals surface area contributed by atoms with Crippen LogP contribution < -0.4 is 0 Å². The zero-order valence-corrected chi connectivity index (χ0v) is 11.2. The van der Waals surface area contributed by atoms with E-state index in [4.69, 9.17) is 9.52 Å². The third-order valence-electron chi connectivity index (χ3n) is 3.39. The Hall–Kier alpha value is -2.76. The second-order valence-electron chi connectivity index (χ2n) is 4.92. The van der Waals surface area contributed by atoms with Gasteiger partial charge in [-0.25, -0.2) is 4.79 Å². The average molecular weight is 304 g/mol. The number of hydrogen-bond donors (Lipinski definition) is 1. The topological polar surface area (TPSA) is 67.5 Å². The number of halogens is 2. The van der Waals surface area contributed by atoms with E-state index < -0.39 is 24.1 Å². The minimum absolute atomic E-state index is 0.0278. The summed E-state index contributed by atoms with van der Waals surface area (Å²) >= 11 is 0. The van der Waals surface area contributed by atoms with E-state index in [1.165, 1.54) is 18.2 Å². The molecule has 0 atom stereocenters. The molecule has 0 spiro atoms. The molecular formula is C16H10F2O4. The van der Waals surface area contributed by atoms with Crippen LogP contribution in [0.2, 0.25) is 0 Å². The Balaban J connectivity index is 2.03. The van der Waals surface area contributed by atoms with E-state index >= 15 is 0 Å². The Labute approximate surface area is 122 Å². The van der Waals surface area contributed by atoms with Crippen molar-refractivity contribution in [2.75, 3.05) is 0 Å². The number of alkyl halides is 2. The van der Waals surface area contributed by atoms with Crippen molar-refractivity contribution in [2.45, 2.75) is 12.3 Å². The van der Waals surface area contributed by atoms with Crippen molar-refractivity contribution in [1.29, 1.82) is 0 Å². The van der Waals surface area contributed by atoms with Crippen molar-refractivity contribution in [3.05, 3.63) is 48.0 Å². The lowest BCUT2D eigenvalue weighted by Crippen LogP contribution is -2.31. The fraction of sp³-hybridized carbons (Fsp3) is 0.125. The molecule has 22 heavy (non-hydrogen) atoms. The van der Waals surface area contributed by atoms with Crippen molar-refractivity contribution < 1.29 is 27.9 Å². The molecule has 112 valence electrons. The highest BCUT2D eigenvalue weighted by molar-refractivity contribution is 6.09. The Kier molecular flexibility index (Phi) is 3.16. The van der Waals surface area contributed by atoms with Crippen LogP contribution in [0.15, 0.2) is 46.9 Å². The van der Waals surface area contributed by atoms with Gasteiger partial charge in [0.1, 0.15) is 11.2 Å². The van der Waals surface area contributed by atoms with Crippen LogP contribution in [0.25, 0.3) is 21.9 Å². The van der Waals surface area contributed by atoms with E-state index in [0.29, 0.717) is 16.6 Å². The smallest absolute Gasteiger partial charge is 0.375 e. The van der Waals surface area contributed by atoms with Gasteiger partial charge in [-0.05, 0) is 24.3 Å². The molecule has 4 nitrogen and oxygen atoms in total. The van der Waals surface area contributed by atoms with E-state index in [1.807, 2.05) is 0 Å². The lowest BCUT2D eigenvalue weighted by atomic mass is 10.0. The van der Waals surface area contributed by atoms with Gasteiger partial charge in [0.25, 0.3) is 0 Å². The van der Waals surface area contributed by atoms with Crippen LogP contribution in [0, 0.1) is 0 Å². The standard InChI is InChI=1S/C16H10F2O4/c17-16(18,15(20)21)8-12(19)9-5-6-14-11(7-9)10-3-1-2-4-13(10)22-14/h1-7H,8H2,(H,20,21). The maximum atomic E-state index is 13.2. The third kappa shape index (κ3) is 2.32. The molecule has 0 radical (unpaired) electrons. The van der Waals surface area contributed by atoms with Crippen LogP contribution in [0.1, 0.15) is 16.8 Å². The van der Waals surface area contributed by atoms with E-state index in [9.17, 15) is 18.4 Å². The Morgan fingerprint density at radius 2 is 1.73 bits per heavy atom. The predicted octanol–water partition coefficient (Wildman–Crippen LogP) is 3.88. The zero-order valence-electron chi connectivity index (χ0n) is 11.2. The summed E-state index contributed by atoms with van der Waals surface area (Å²) in [5.74, 6) is -7.32. The Morgan fingerprint density at radius 1 is 1.05 bits per heavy atom. The van der Waals surface area contributed by atoms with Crippen LogP contribution in [0.5, 0.6) is 0 Å². The predicted molar refractivity (Wildman–Crippen MR) is 75.3 cm³/mol. The molecule has 0 amide bonds. The number of rotatable bonds is 4. The first kappa shape index (κ1) is 14.2. The summed E-state index contributed by atoms with van der Waals surface area (Å²) in [6.07, 6.45) is -1.37. The number of furan rings is 1. The number of carboxylic acid groups (broad SMARTS) is 1. The molecule has 1 N–H and O–H groups in total. The van der Waals surface area contributed by atoms with Crippen molar-refractivity contribution in [3.8, 4) is 0 Å². The molecule has 6 heteroatoms. The monoisotopic (exact) mass is 304 g/mol. The maximum absolute atomic E-state index is 13.2. The van der Waals surface area contributed by atoms with E-state index in [1.54, 1.807) is 24.3 Å². The quantitative estimate of drug-likeness (QED) is 0.743. The molecule has 0 aliphatic rings. The van der Waals surface area contributed by atoms with Gasteiger partial charge in [-0.15, -0.1) is 0 Å². The van der Waals surface area contributed by atoms with Crippen molar-refractivity contribution >= 4 is 33.7 Å². The second kappa shape index (κ2) is 4.91. The van der Waals surface area contributed by atoms with Crippen molar-refractivity contribution in [3.63, 3.8) is 0 Å². The lowest BCUT2D eigenvalue weighted by molar-refractivity contribution is -0.164.